The Morgan fingerprint density at radius 1 is 0.556 bits per heavy atom. The average Bonchev–Trinajstić information content (AvgIpc) is 3.72. The monoisotopic (exact) mass is 626 g/mol. The molecule has 2 atom stereocenters. The van der Waals surface area contributed by atoms with Crippen LogP contribution in [0.5, 0.6) is 11.5 Å². The highest BCUT2D eigenvalue weighted by Crippen LogP contribution is 2.55. The molecule has 0 amide bonds. The minimum absolute atomic E-state index is 0.0413. The molecule has 0 saturated carbocycles. The van der Waals surface area contributed by atoms with E-state index in [0.29, 0.717) is 48.7 Å². The maximum atomic E-state index is 7.07. The van der Waals surface area contributed by atoms with Gasteiger partial charge in [0.05, 0.1) is 13.2 Å². The van der Waals surface area contributed by atoms with Gasteiger partial charge in [-0.3, -0.25) is 0 Å². The predicted octanol–water partition coefficient (Wildman–Crippen LogP) is 11.7. The third-order valence-corrected chi connectivity index (χ3v) is 10.8. The number of thiol groups is 1. The second kappa shape index (κ2) is 12.3. The quantitative estimate of drug-likeness (QED) is 0.252. The van der Waals surface area contributed by atoms with Gasteiger partial charge in [-0.2, -0.15) is 12.6 Å². The van der Waals surface area contributed by atoms with Crippen molar-refractivity contribution in [2.24, 2.45) is 0 Å². The molecular weight excluding hydrogens is 573 g/mol. The second-order valence-electron chi connectivity index (χ2n) is 15.4. The molecule has 0 fully saturated rings. The Balaban J connectivity index is 1.49. The average molecular weight is 627 g/mol. The van der Waals surface area contributed by atoms with Gasteiger partial charge in [0.25, 0.3) is 6.29 Å². The van der Waals surface area contributed by atoms with E-state index in [2.05, 4.69) is 100 Å². The molecule has 3 aromatic rings. The lowest BCUT2D eigenvalue weighted by Gasteiger charge is -2.24. The Hall–Kier alpha value is -2.43. The van der Waals surface area contributed by atoms with Crippen molar-refractivity contribution in [1.82, 2.24) is 0 Å². The van der Waals surface area contributed by atoms with Gasteiger partial charge < -0.3 is 14.2 Å². The first-order chi connectivity index (χ1) is 21.3. The van der Waals surface area contributed by atoms with E-state index in [1.807, 2.05) is 0 Å². The molecule has 3 aliphatic rings. The summed E-state index contributed by atoms with van der Waals surface area (Å²) >= 11 is 4.98. The number of ether oxygens (including phenoxy) is 3. The van der Waals surface area contributed by atoms with Crippen LogP contribution in [0.15, 0.2) is 24.3 Å². The van der Waals surface area contributed by atoms with Crippen LogP contribution in [0.4, 0.5) is 0 Å². The van der Waals surface area contributed by atoms with Gasteiger partial charge in [-0.15, -0.1) is 0 Å². The van der Waals surface area contributed by atoms with Crippen molar-refractivity contribution in [3.8, 4) is 11.5 Å². The maximum absolute atomic E-state index is 7.07. The topological polar surface area (TPSA) is 27.7 Å². The summed E-state index contributed by atoms with van der Waals surface area (Å²) in [5.41, 5.74) is 16.5. The van der Waals surface area contributed by atoms with E-state index < -0.39 is 6.29 Å². The maximum Gasteiger partial charge on any atom is 0.268 e. The lowest BCUT2D eigenvalue weighted by Crippen LogP contribution is -2.15. The molecule has 4 heteroatoms. The molecule has 2 aliphatic heterocycles. The smallest absolute Gasteiger partial charge is 0.268 e. The molecule has 3 nitrogen and oxygen atoms in total. The van der Waals surface area contributed by atoms with Crippen molar-refractivity contribution in [3.63, 3.8) is 0 Å². The minimum Gasteiger partial charge on any atom is -0.446 e. The van der Waals surface area contributed by atoms with E-state index >= 15 is 0 Å². The summed E-state index contributed by atoms with van der Waals surface area (Å²) in [4.78, 5) is 0. The lowest BCUT2D eigenvalue weighted by molar-refractivity contribution is 0.0465. The molecule has 3 aromatic carbocycles. The van der Waals surface area contributed by atoms with Crippen LogP contribution in [-0.4, -0.2) is 0 Å². The summed E-state index contributed by atoms with van der Waals surface area (Å²) < 4.78 is 20.0. The molecule has 0 bridgehead atoms. The highest BCUT2D eigenvalue weighted by molar-refractivity contribution is 7.80. The molecule has 0 aromatic heterocycles. The van der Waals surface area contributed by atoms with Gasteiger partial charge in [0.1, 0.15) is 0 Å². The molecule has 2 heterocycles. The Bertz CT molecular complexity index is 1570. The second-order valence-corrected chi connectivity index (χ2v) is 16.1. The van der Waals surface area contributed by atoms with E-state index in [9.17, 15) is 0 Å². The Kier molecular flexibility index (Phi) is 8.89. The van der Waals surface area contributed by atoms with E-state index in [4.69, 9.17) is 26.8 Å². The van der Waals surface area contributed by atoms with Crippen LogP contribution < -0.4 is 9.47 Å². The minimum atomic E-state index is -0.501. The van der Waals surface area contributed by atoms with Crippen molar-refractivity contribution in [3.05, 3.63) is 91.0 Å². The number of fused-ring (bicyclic) bond motifs is 3. The largest absolute Gasteiger partial charge is 0.446 e. The van der Waals surface area contributed by atoms with Crippen LogP contribution in [0.2, 0.25) is 0 Å². The Labute approximate surface area is 277 Å². The van der Waals surface area contributed by atoms with Crippen LogP contribution in [0, 0.1) is 0 Å². The number of rotatable bonds is 8. The summed E-state index contributed by atoms with van der Waals surface area (Å²) in [5.74, 6) is 4.35. The molecule has 0 spiro atoms. The molecule has 1 aliphatic carbocycles. The van der Waals surface area contributed by atoms with Gasteiger partial charge >= 0.3 is 0 Å². The number of hydrogen-bond donors (Lipinski definition) is 1. The van der Waals surface area contributed by atoms with Gasteiger partial charge in [-0.05, 0) is 111 Å². The van der Waals surface area contributed by atoms with Crippen molar-refractivity contribution < 1.29 is 14.2 Å². The zero-order valence-electron chi connectivity index (χ0n) is 29.4. The molecule has 0 radical (unpaired) electrons. The number of hydrogen-bond acceptors (Lipinski definition) is 4. The summed E-state index contributed by atoms with van der Waals surface area (Å²) in [6.45, 7) is 26.5. The zero-order chi connectivity index (χ0) is 32.5. The van der Waals surface area contributed by atoms with Crippen molar-refractivity contribution >= 4 is 12.6 Å². The third kappa shape index (κ3) is 5.52. The molecule has 0 N–H and O–H groups in total. The fourth-order valence-corrected chi connectivity index (χ4v) is 8.68. The normalized spacial score (nSPS) is 18.3. The van der Waals surface area contributed by atoms with Gasteiger partial charge in [0.2, 0.25) is 0 Å². The Morgan fingerprint density at radius 3 is 1.58 bits per heavy atom. The summed E-state index contributed by atoms with van der Waals surface area (Å²) in [5, 5.41) is 0.0413. The van der Waals surface area contributed by atoms with Crippen molar-refractivity contribution in [1.29, 1.82) is 0 Å². The van der Waals surface area contributed by atoms with Gasteiger partial charge in [-0.25, -0.2) is 0 Å². The molecule has 242 valence electrons. The number of benzene rings is 3. The molecule has 2 unspecified atom stereocenters. The van der Waals surface area contributed by atoms with Crippen LogP contribution in [-0.2, 0) is 30.8 Å². The molecule has 0 saturated heterocycles. The molecule has 6 rings (SSSR count). The van der Waals surface area contributed by atoms with E-state index in [1.165, 1.54) is 50.1 Å². The van der Waals surface area contributed by atoms with E-state index in [-0.39, 0.29) is 5.25 Å². The fraction of sp³-hybridized carbons (Fsp3) is 0.561. The highest BCUT2D eigenvalue weighted by atomic mass is 32.1. The lowest BCUT2D eigenvalue weighted by atomic mass is 9.83. The van der Waals surface area contributed by atoms with Gasteiger partial charge in [0, 0.05) is 21.9 Å². The highest BCUT2D eigenvalue weighted by Gasteiger charge is 2.40. The van der Waals surface area contributed by atoms with Crippen LogP contribution >= 0.6 is 12.6 Å². The fourth-order valence-electron chi connectivity index (χ4n) is 8.38. The van der Waals surface area contributed by atoms with E-state index in [0.717, 1.165) is 29.9 Å². The third-order valence-electron chi connectivity index (χ3n) is 10.5. The zero-order valence-corrected chi connectivity index (χ0v) is 30.3. The van der Waals surface area contributed by atoms with Gasteiger partial charge in [0.15, 0.2) is 11.5 Å². The van der Waals surface area contributed by atoms with E-state index in [1.54, 1.807) is 11.1 Å². The first-order valence-corrected chi connectivity index (χ1v) is 17.9. The Morgan fingerprint density at radius 2 is 1.07 bits per heavy atom. The van der Waals surface area contributed by atoms with Crippen LogP contribution in [0.1, 0.15) is 190 Å². The summed E-state index contributed by atoms with van der Waals surface area (Å²) in [6, 6.07) is 9.63. The van der Waals surface area contributed by atoms with Crippen LogP contribution in [0.3, 0.4) is 0 Å². The van der Waals surface area contributed by atoms with Crippen molar-refractivity contribution in [2.75, 3.05) is 0 Å². The SMILES string of the molecule is CC(C)c1ccc(C(C)C)c2c1CC(c1cc(C(C)C)c3c(c1C(C)C)OC(c1cc(C(C)C)c4c(c1C(C)S)COC4)O3)C2. The molecule has 45 heavy (non-hydrogen) atoms. The van der Waals surface area contributed by atoms with Crippen LogP contribution in [0.25, 0.3) is 0 Å². The van der Waals surface area contributed by atoms with Crippen molar-refractivity contribution in [2.45, 2.75) is 149 Å². The predicted molar refractivity (Wildman–Crippen MR) is 190 cm³/mol. The first-order valence-electron chi connectivity index (χ1n) is 17.4. The molecular formula is C41H54O3S. The van der Waals surface area contributed by atoms with Gasteiger partial charge in [-0.1, -0.05) is 87.4 Å². The summed E-state index contributed by atoms with van der Waals surface area (Å²) in [7, 11) is 0. The summed E-state index contributed by atoms with van der Waals surface area (Å²) in [6.07, 6.45) is 1.68. The standard InChI is InChI=1S/C41H54O3S/c1-20(2)27-12-13-28(21(3)4)33-15-26(14-32(27)33)31-17-30(23(7)8)39-40(37(31)24(9)10)44-41(43-39)34-16-29(22(5)6)35-18-42-19-36(35)38(34)25(11)45/h12-13,16-17,20-26,41,45H,14-15,18-19H2,1-11H3. The first kappa shape index (κ1) is 32.5.